The molecule has 1 aromatic rings. The fourth-order valence-electron chi connectivity index (χ4n) is 1.59. The van der Waals surface area contributed by atoms with E-state index in [0.29, 0.717) is 18.7 Å². The SMILES string of the molecule is CCNc1cc(NC(C)CCS(C)=O)nc(C(F)(F)F)n1. The Kier molecular flexibility index (Phi) is 6.38. The van der Waals surface area contributed by atoms with Gasteiger partial charge in [-0.1, -0.05) is 0 Å². The van der Waals surface area contributed by atoms with E-state index < -0.39 is 22.8 Å². The molecule has 0 spiro atoms. The molecule has 5 nitrogen and oxygen atoms in total. The van der Waals surface area contributed by atoms with Gasteiger partial charge in [0.05, 0.1) is 0 Å². The quantitative estimate of drug-likeness (QED) is 0.807. The molecule has 0 saturated carbocycles. The Labute approximate surface area is 124 Å². The molecule has 1 heterocycles. The van der Waals surface area contributed by atoms with Crippen LogP contribution in [0.5, 0.6) is 0 Å². The van der Waals surface area contributed by atoms with Crippen molar-refractivity contribution < 1.29 is 17.4 Å². The van der Waals surface area contributed by atoms with Crippen LogP contribution >= 0.6 is 0 Å². The van der Waals surface area contributed by atoms with Crippen molar-refractivity contribution >= 4 is 22.4 Å². The second kappa shape index (κ2) is 7.58. The largest absolute Gasteiger partial charge is 0.451 e. The first-order chi connectivity index (χ1) is 9.72. The summed E-state index contributed by atoms with van der Waals surface area (Å²) < 4.78 is 49.3. The van der Waals surface area contributed by atoms with Crippen LogP contribution in [-0.4, -0.2) is 38.8 Å². The molecule has 0 aliphatic carbocycles. The minimum absolute atomic E-state index is 0.0997. The van der Waals surface area contributed by atoms with Gasteiger partial charge < -0.3 is 10.6 Å². The Morgan fingerprint density at radius 2 is 1.95 bits per heavy atom. The van der Waals surface area contributed by atoms with E-state index in [4.69, 9.17) is 0 Å². The zero-order valence-electron chi connectivity index (χ0n) is 12.1. The monoisotopic (exact) mass is 324 g/mol. The lowest BCUT2D eigenvalue weighted by Crippen LogP contribution is -2.21. The summed E-state index contributed by atoms with van der Waals surface area (Å²) in [5.41, 5.74) is 0. The number of alkyl halides is 3. The highest BCUT2D eigenvalue weighted by molar-refractivity contribution is 7.84. The van der Waals surface area contributed by atoms with Crippen LogP contribution in [0.1, 0.15) is 26.1 Å². The van der Waals surface area contributed by atoms with Gasteiger partial charge in [-0.05, 0) is 20.3 Å². The van der Waals surface area contributed by atoms with E-state index in [0.717, 1.165) is 0 Å². The van der Waals surface area contributed by atoms with E-state index >= 15 is 0 Å². The fourth-order valence-corrected chi connectivity index (χ4v) is 2.27. The lowest BCUT2D eigenvalue weighted by molar-refractivity contribution is -0.144. The molecule has 0 aliphatic heterocycles. The molecule has 1 aromatic heterocycles. The van der Waals surface area contributed by atoms with Crippen LogP contribution in [-0.2, 0) is 17.0 Å². The summed E-state index contributed by atoms with van der Waals surface area (Å²) in [5, 5.41) is 5.63. The molecule has 0 aromatic carbocycles. The highest BCUT2D eigenvalue weighted by Gasteiger charge is 2.35. The summed E-state index contributed by atoms with van der Waals surface area (Å²) in [7, 11) is -0.935. The third-order valence-corrected chi connectivity index (χ3v) is 3.38. The predicted octanol–water partition coefficient (Wildman–Crippen LogP) is 2.50. The van der Waals surface area contributed by atoms with Crippen LogP contribution in [0.25, 0.3) is 0 Å². The number of hydrogen-bond acceptors (Lipinski definition) is 5. The van der Waals surface area contributed by atoms with Gasteiger partial charge in [-0.2, -0.15) is 13.2 Å². The van der Waals surface area contributed by atoms with Crippen LogP contribution in [0.4, 0.5) is 24.8 Å². The van der Waals surface area contributed by atoms with Crippen molar-refractivity contribution in [2.75, 3.05) is 29.2 Å². The van der Waals surface area contributed by atoms with Gasteiger partial charge in [-0.3, -0.25) is 4.21 Å². The van der Waals surface area contributed by atoms with Crippen LogP contribution in [0.15, 0.2) is 6.07 Å². The number of nitrogens with one attached hydrogen (secondary N) is 2. The van der Waals surface area contributed by atoms with Crippen LogP contribution < -0.4 is 10.6 Å². The number of anilines is 2. The minimum atomic E-state index is -4.60. The summed E-state index contributed by atoms with van der Waals surface area (Å²) in [6, 6.07) is 1.29. The molecule has 0 bridgehead atoms. The molecule has 1 rings (SSSR count). The lowest BCUT2D eigenvalue weighted by Gasteiger charge is -2.16. The molecule has 9 heteroatoms. The number of halogens is 3. The van der Waals surface area contributed by atoms with Gasteiger partial charge >= 0.3 is 6.18 Å². The predicted molar refractivity (Wildman–Crippen MR) is 77.8 cm³/mol. The van der Waals surface area contributed by atoms with E-state index in [-0.39, 0.29) is 17.7 Å². The molecule has 2 atom stereocenters. The molecule has 0 aliphatic rings. The van der Waals surface area contributed by atoms with Gasteiger partial charge in [0.25, 0.3) is 0 Å². The zero-order chi connectivity index (χ0) is 16.0. The fraction of sp³-hybridized carbons (Fsp3) is 0.667. The zero-order valence-corrected chi connectivity index (χ0v) is 12.9. The first kappa shape index (κ1) is 17.7. The van der Waals surface area contributed by atoms with Crippen LogP contribution in [0.3, 0.4) is 0 Å². The summed E-state index contributed by atoms with van der Waals surface area (Å²) in [5.74, 6) is -0.489. The summed E-state index contributed by atoms with van der Waals surface area (Å²) in [6.07, 6.45) is -2.44. The van der Waals surface area contributed by atoms with E-state index in [1.165, 1.54) is 6.07 Å². The maximum atomic E-state index is 12.8. The summed E-state index contributed by atoms with van der Waals surface area (Å²) in [4.78, 5) is 6.93. The average molecular weight is 324 g/mol. The van der Waals surface area contributed by atoms with E-state index in [2.05, 4.69) is 20.6 Å². The van der Waals surface area contributed by atoms with Crippen molar-refractivity contribution in [1.82, 2.24) is 9.97 Å². The van der Waals surface area contributed by atoms with Gasteiger partial charge in [-0.15, -0.1) is 0 Å². The lowest BCUT2D eigenvalue weighted by atomic mass is 10.2. The Morgan fingerprint density at radius 3 is 2.48 bits per heavy atom. The highest BCUT2D eigenvalue weighted by Crippen LogP contribution is 2.28. The molecule has 2 unspecified atom stereocenters. The first-order valence-corrected chi connectivity index (χ1v) is 8.21. The average Bonchev–Trinajstić information content (AvgIpc) is 2.35. The van der Waals surface area contributed by atoms with E-state index in [1.54, 1.807) is 20.1 Å². The van der Waals surface area contributed by atoms with Crippen molar-refractivity contribution in [2.24, 2.45) is 0 Å². The first-order valence-electron chi connectivity index (χ1n) is 6.49. The van der Waals surface area contributed by atoms with Crippen molar-refractivity contribution in [1.29, 1.82) is 0 Å². The number of hydrogen-bond donors (Lipinski definition) is 2. The third-order valence-electron chi connectivity index (χ3n) is 2.57. The van der Waals surface area contributed by atoms with Crippen molar-refractivity contribution in [3.05, 3.63) is 11.9 Å². The summed E-state index contributed by atoms with van der Waals surface area (Å²) >= 11 is 0. The summed E-state index contributed by atoms with van der Waals surface area (Å²) in [6.45, 7) is 4.02. The second-order valence-electron chi connectivity index (χ2n) is 4.60. The van der Waals surface area contributed by atoms with Gasteiger partial charge in [0.2, 0.25) is 5.82 Å². The van der Waals surface area contributed by atoms with Crippen LogP contribution in [0.2, 0.25) is 0 Å². The van der Waals surface area contributed by atoms with Gasteiger partial charge in [0.1, 0.15) is 11.6 Å². The van der Waals surface area contributed by atoms with Crippen molar-refractivity contribution in [3.8, 4) is 0 Å². The van der Waals surface area contributed by atoms with Gasteiger partial charge in [0.15, 0.2) is 0 Å². The standard InChI is InChI=1S/C12H19F3N4OS/c1-4-16-9-7-10(17-8(2)5-6-21(3)20)19-11(18-9)12(13,14)15/h7-8H,4-6H2,1-3H3,(H2,16,17,18,19). The van der Waals surface area contributed by atoms with Gasteiger partial charge in [-0.25, -0.2) is 9.97 Å². The Balaban J connectivity index is 2.89. The van der Waals surface area contributed by atoms with E-state index in [9.17, 15) is 17.4 Å². The smallest absolute Gasteiger partial charge is 0.370 e. The maximum absolute atomic E-state index is 12.8. The number of aromatic nitrogens is 2. The number of rotatable bonds is 7. The molecule has 21 heavy (non-hydrogen) atoms. The molecule has 0 amide bonds. The normalized spacial score (nSPS) is 14.6. The Bertz CT molecular complexity index is 496. The molecular weight excluding hydrogens is 305 g/mol. The second-order valence-corrected chi connectivity index (χ2v) is 6.16. The Hall–Kier alpha value is -1.38. The van der Waals surface area contributed by atoms with E-state index in [1.807, 2.05) is 0 Å². The molecular formula is C12H19F3N4OS. The number of nitrogens with zero attached hydrogens (tertiary/aromatic N) is 2. The Morgan fingerprint density at radius 1 is 1.33 bits per heavy atom. The molecule has 0 saturated heterocycles. The third kappa shape index (κ3) is 6.28. The van der Waals surface area contributed by atoms with Crippen LogP contribution in [0, 0.1) is 0 Å². The molecule has 120 valence electrons. The molecule has 0 radical (unpaired) electrons. The minimum Gasteiger partial charge on any atom is -0.370 e. The topological polar surface area (TPSA) is 66.9 Å². The van der Waals surface area contributed by atoms with Crippen molar-refractivity contribution in [2.45, 2.75) is 32.5 Å². The maximum Gasteiger partial charge on any atom is 0.451 e. The molecule has 0 fully saturated rings. The van der Waals surface area contributed by atoms with Gasteiger partial charge in [0, 0.05) is 41.5 Å². The highest BCUT2D eigenvalue weighted by atomic mass is 32.2. The van der Waals surface area contributed by atoms with Crippen molar-refractivity contribution in [3.63, 3.8) is 0 Å². The molecule has 2 N–H and O–H groups in total.